The zero-order valence-corrected chi connectivity index (χ0v) is 17.4. The van der Waals surface area contributed by atoms with E-state index in [1.165, 1.54) is 0 Å². The Morgan fingerprint density at radius 3 is 2.16 bits per heavy atom. The minimum absolute atomic E-state index is 0.0394. The highest BCUT2D eigenvalue weighted by atomic mass is 16.7. The van der Waals surface area contributed by atoms with E-state index < -0.39 is 72.6 Å². The molecule has 31 heavy (non-hydrogen) atoms. The summed E-state index contributed by atoms with van der Waals surface area (Å²) in [4.78, 5) is 71.4. The molecule has 0 bridgehead atoms. The van der Waals surface area contributed by atoms with E-state index in [-0.39, 0.29) is 6.42 Å². The Balaban J connectivity index is 2.35. The molecule has 0 aromatic carbocycles. The summed E-state index contributed by atoms with van der Waals surface area (Å²) in [7, 11) is 0. The van der Waals surface area contributed by atoms with E-state index in [9.17, 15) is 28.8 Å². The van der Waals surface area contributed by atoms with Gasteiger partial charge in [0.1, 0.15) is 12.7 Å². The Hall–Kier alpha value is -3.22. The van der Waals surface area contributed by atoms with Gasteiger partial charge < -0.3 is 18.9 Å². The van der Waals surface area contributed by atoms with Crippen LogP contribution in [0.1, 0.15) is 40.5 Å². The van der Waals surface area contributed by atoms with Gasteiger partial charge in [-0.1, -0.05) is 12.1 Å². The molecule has 0 spiro atoms. The fourth-order valence-corrected chi connectivity index (χ4v) is 3.08. The molecule has 0 N–H and O–H groups in total. The summed E-state index contributed by atoms with van der Waals surface area (Å²) in [5, 5.41) is 7.78. The van der Waals surface area contributed by atoms with Crippen LogP contribution in [0.25, 0.3) is 0 Å². The molecule has 0 aromatic rings. The van der Waals surface area contributed by atoms with Crippen molar-refractivity contribution in [3.05, 3.63) is 0 Å². The van der Waals surface area contributed by atoms with Crippen molar-refractivity contribution in [3.63, 3.8) is 0 Å². The Morgan fingerprint density at radius 1 is 1.00 bits per heavy atom. The average Bonchev–Trinajstić information content (AvgIpc) is 2.98. The molecule has 0 radical (unpaired) electrons. The number of nitrogens with zero attached hydrogens (tertiary/aromatic N) is 3. The lowest BCUT2D eigenvalue weighted by atomic mass is 10.0. The molecular weight excluding hydrogens is 418 g/mol. The molecule has 0 aliphatic carbocycles. The standard InChI is InChI=1S/C18H23N3O10/c1-5-6-11(25)13-14(26)17(27)21(20-19-13)18-16(30-10(4)24)15(29-9(3)23)12(31-18)7-28-8(2)22/h12-13,15-16,18H,5-7H2,1-4H3. The number of ether oxygens (including phenoxy) is 4. The van der Waals surface area contributed by atoms with Crippen LogP contribution in [0.3, 0.4) is 0 Å². The molecule has 5 unspecified atom stereocenters. The first-order valence-electron chi connectivity index (χ1n) is 9.50. The van der Waals surface area contributed by atoms with Gasteiger partial charge in [0.2, 0.25) is 0 Å². The second-order valence-electron chi connectivity index (χ2n) is 6.85. The number of hydrogen-bond donors (Lipinski definition) is 0. The van der Waals surface area contributed by atoms with Gasteiger partial charge in [-0.05, 0) is 6.42 Å². The number of carbonyl (C=O) groups is 6. The Kier molecular flexibility index (Phi) is 7.91. The molecule has 1 fully saturated rings. The quantitative estimate of drug-likeness (QED) is 0.210. The van der Waals surface area contributed by atoms with Crippen molar-refractivity contribution < 1.29 is 47.7 Å². The normalized spacial score (nSPS) is 27.7. The van der Waals surface area contributed by atoms with Crippen LogP contribution < -0.4 is 0 Å². The molecule has 0 saturated carbocycles. The van der Waals surface area contributed by atoms with Gasteiger partial charge in [0.15, 0.2) is 30.3 Å². The van der Waals surface area contributed by atoms with E-state index in [1.54, 1.807) is 6.92 Å². The van der Waals surface area contributed by atoms with E-state index in [0.717, 1.165) is 20.8 Å². The molecular formula is C18H23N3O10. The van der Waals surface area contributed by atoms with Crippen LogP contribution in [-0.4, -0.2) is 77.6 Å². The highest BCUT2D eigenvalue weighted by Crippen LogP contribution is 2.31. The van der Waals surface area contributed by atoms with Gasteiger partial charge >= 0.3 is 23.8 Å². The Labute approximate surface area is 177 Å². The van der Waals surface area contributed by atoms with Crippen LogP contribution in [0.15, 0.2) is 10.3 Å². The first kappa shape index (κ1) is 24.1. The number of ketones is 2. The minimum Gasteiger partial charge on any atom is -0.463 e. The minimum atomic E-state index is -1.56. The third-order valence-corrected chi connectivity index (χ3v) is 4.31. The maximum absolute atomic E-state index is 12.6. The maximum Gasteiger partial charge on any atom is 0.316 e. The number of hydrogen-bond acceptors (Lipinski definition) is 12. The zero-order valence-electron chi connectivity index (χ0n) is 17.4. The van der Waals surface area contributed by atoms with Gasteiger partial charge in [-0.25, -0.2) is 0 Å². The summed E-state index contributed by atoms with van der Waals surface area (Å²) in [5.41, 5.74) is 0. The first-order chi connectivity index (χ1) is 14.6. The molecule has 2 aliphatic rings. The lowest BCUT2D eigenvalue weighted by Gasteiger charge is -2.29. The van der Waals surface area contributed by atoms with Gasteiger partial charge in [0.25, 0.3) is 5.78 Å². The smallest absolute Gasteiger partial charge is 0.316 e. The molecule has 2 heterocycles. The summed E-state index contributed by atoms with van der Waals surface area (Å²) in [6.07, 6.45) is -4.84. The van der Waals surface area contributed by atoms with Crippen LogP contribution in [-0.2, 0) is 47.7 Å². The number of Topliss-reactive ketones (excluding diaryl/α,β-unsaturated/α-hetero) is 2. The van der Waals surface area contributed by atoms with Crippen molar-refractivity contribution >= 4 is 35.4 Å². The van der Waals surface area contributed by atoms with Crippen molar-refractivity contribution in [3.8, 4) is 0 Å². The molecule has 2 aliphatic heterocycles. The van der Waals surface area contributed by atoms with Crippen molar-refractivity contribution in [2.45, 2.75) is 71.1 Å². The lowest BCUT2D eigenvalue weighted by Crippen LogP contribution is -2.53. The Bertz CT molecular complexity index is 810. The molecule has 13 heteroatoms. The maximum atomic E-state index is 12.6. The molecule has 0 aromatic heterocycles. The van der Waals surface area contributed by atoms with E-state index >= 15 is 0 Å². The van der Waals surface area contributed by atoms with Crippen LogP contribution in [0.2, 0.25) is 0 Å². The van der Waals surface area contributed by atoms with E-state index in [4.69, 9.17) is 18.9 Å². The lowest BCUT2D eigenvalue weighted by molar-refractivity contribution is -0.175. The number of esters is 3. The fraction of sp³-hybridized carbons (Fsp3) is 0.667. The van der Waals surface area contributed by atoms with Gasteiger partial charge in [-0.15, -0.1) is 0 Å². The monoisotopic (exact) mass is 441 g/mol. The van der Waals surface area contributed by atoms with Crippen molar-refractivity contribution in [1.29, 1.82) is 0 Å². The van der Waals surface area contributed by atoms with Gasteiger partial charge in [0.05, 0.1) is 0 Å². The van der Waals surface area contributed by atoms with Crippen molar-refractivity contribution in [2.24, 2.45) is 10.3 Å². The number of carbonyl (C=O) groups excluding carboxylic acids is 6. The van der Waals surface area contributed by atoms with E-state index in [0.29, 0.717) is 11.4 Å². The fourth-order valence-electron chi connectivity index (χ4n) is 3.08. The van der Waals surface area contributed by atoms with E-state index in [1.807, 2.05) is 0 Å². The van der Waals surface area contributed by atoms with Crippen LogP contribution in [0.4, 0.5) is 0 Å². The summed E-state index contributed by atoms with van der Waals surface area (Å²) < 4.78 is 20.8. The highest BCUT2D eigenvalue weighted by Gasteiger charge is 2.55. The molecule has 13 nitrogen and oxygen atoms in total. The molecule has 170 valence electrons. The summed E-state index contributed by atoms with van der Waals surface area (Å²) in [6.45, 7) is 4.65. The Morgan fingerprint density at radius 2 is 1.61 bits per heavy atom. The topological polar surface area (TPSA) is 167 Å². The van der Waals surface area contributed by atoms with Crippen LogP contribution in [0.5, 0.6) is 0 Å². The second kappa shape index (κ2) is 10.2. The van der Waals surface area contributed by atoms with Gasteiger partial charge in [-0.3, -0.25) is 28.8 Å². The predicted molar refractivity (Wildman–Crippen MR) is 96.8 cm³/mol. The van der Waals surface area contributed by atoms with Crippen molar-refractivity contribution in [1.82, 2.24) is 5.01 Å². The third kappa shape index (κ3) is 5.69. The second-order valence-corrected chi connectivity index (χ2v) is 6.85. The van der Waals surface area contributed by atoms with Gasteiger partial charge in [0, 0.05) is 27.2 Å². The molecule has 1 saturated heterocycles. The van der Waals surface area contributed by atoms with Crippen molar-refractivity contribution in [2.75, 3.05) is 6.61 Å². The predicted octanol–water partition coefficient (Wildman–Crippen LogP) is -0.346. The molecule has 2 rings (SSSR count). The number of amides is 1. The molecule has 5 atom stereocenters. The largest absolute Gasteiger partial charge is 0.463 e. The highest BCUT2D eigenvalue weighted by molar-refractivity contribution is 6.42. The zero-order chi connectivity index (χ0) is 23.3. The van der Waals surface area contributed by atoms with Crippen LogP contribution in [0, 0.1) is 0 Å². The molecule has 1 amide bonds. The number of rotatable bonds is 8. The summed E-state index contributed by atoms with van der Waals surface area (Å²) in [6, 6.07) is -1.56. The average molecular weight is 441 g/mol. The SMILES string of the molecule is CCCC(=O)C1N=NN(C2OC(COC(C)=O)C(OC(C)=O)C2OC(C)=O)C(=O)C1=O. The van der Waals surface area contributed by atoms with E-state index in [2.05, 4.69) is 10.3 Å². The first-order valence-corrected chi connectivity index (χ1v) is 9.50. The third-order valence-electron chi connectivity index (χ3n) is 4.31. The van der Waals surface area contributed by atoms with Gasteiger partial charge in [-0.2, -0.15) is 10.1 Å². The van der Waals surface area contributed by atoms with Crippen LogP contribution >= 0.6 is 0 Å². The summed E-state index contributed by atoms with van der Waals surface area (Å²) in [5.74, 6) is -5.09. The summed E-state index contributed by atoms with van der Waals surface area (Å²) >= 11 is 0.